The number of hydrogen-bond donors (Lipinski definition) is 2. The molecule has 0 aromatic heterocycles. The highest BCUT2D eigenvalue weighted by Crippen LogP contribution is 2.25. The smallest absolute Gasteiger partial charge is 0.494 e. The Kier molecular flexibility index (Phi) is 7.13. The van der Waals surface area contributed by atoms with Crippen molar-refractivity contribution in [3.05, 3.63) is 59.2 Å². The van der Waals surface area contributed by atoms with E-state index in [9.17, 15) is 26.7 Å². The quantitative estimate of drug-likeness (QED) is 0.357. The number of amides is 1. The second-order valence-electron chi connectivity index (χ2n) is 5.95. The molecule has 29 heavy (non-hydrogen) atoms. The molecular formula is C19H17F5N2O3. The van der Waals surface area contributed by atoms with Crippen molar-refractivity contribution < 1.29 is 36.2 Å². The molecule has 2 aromatic rings. The largest absolute Gasteiger partial charge is 0.573 e. The molecule has 0 bridgehead atoms. The van der Waals surface area contributed by atoms with Crippen LogP contribution in [0.5, 0.6) is 11.5 Å². The number of carbonyl (C=O) groups excluding carboxylic acids is 1. The highest BCUT2D eigenvalue weighted by molar-refractivity contribution is 6.02. The van der Waals surface area contributed by atoms with Crippen LogP contribution in [0.4, 0.5) is 22.0 Å². The molecule has 0 heterocycles. The zero-order valence-electron chi connectivity index (χ0n) is 15.0. The van der Waals surface area contributed by atoms with Crippen molar-refractivity contribution in [2.75, 3.05) is 6.61 Å². The van der Waals surface area contributed by atoms with Crippen molar-refractivity contribution in [2.24, 2.45) is 5.73 Å². The van der Waals surface area contributed by atoms with Crippen molar-refractivity contribution in [1.82, 2.24) is 0 Å². The number of ether oxygens (including phenoxy) is 2. The van der Waals surface area contributed by atoms with Gasteiger partial charge in [-0.2, -0.15) is 0 Å². The standard InChI is InChI=1S/C19H17F5N2O3/c20-14-9-8-13(17(21)16(14)18(26)27)15(25)3-1-2-10-28-11-4-6-12(7-5-11)29-19(22,23)24/h4-9,25H,1-3,10H2,(H2,26,27). The van der Waals surface area contributed by atoms with Gasteiger partial charge in [-0.15, -0.1) is 13.2 Å². The van der Waals surface area contributed by atoms with Crippen LogP contribution in [0, 0.1) is 17.0 Å². The first-order valence-corrected chi connectivity index (χ1v) is 8.42. The number of nitrogens with one attached hydrogen (secondary N) is 1. The molecule has 0 aliphatic carbocycles. The van der Waals surface area contributed by atoms with Gasteiger partial charge in [0, 0.05) is 11.3 Å². The molecule has 0 unspecified atom stereocenters. The van der Waals surface area contributed by atoms with Gasteiger partial charge >= 0.3 is 6.36 Å². The number of nitrogens with two attached hydrogens (primary N) is 1. The van der Waals surface area contributed by atoms with Crippen LogP contribution in [0.2, 0.25) is 0 Å². The van der Waals surface area contributed by atoms with Gasteiger partial charge in [-0.1, -0.05) is 0 Å². The van der Waals surface area contributed by atoms with Gasteiger partial charge < -0.3 is 20.6 Å². The lowest BCUT2D eigenvalue weighted by molar-refractivity contribution is -0.274. The van der Waals surface area contributed by atoms with Crippen molar-refractivity contribution >= 4 is 11.6 Å². The number of unbranched alkanes of at least 4 members (excludes halogenated alkanes) is 1. The van der Waals surface area contributed by atoms with E-state index in [2.05, 4.69) is 4.74 Å². The maximum Gasteiger partial charge on any atom is 0.573 e. The third kappa shape index (κ3) is 6.44. The minimum Gasteiger partial charge on any atom is -0.494 e. The summed E-state index contributed by atoms with van der Waals surface area (Å²) in [5.74, 6) is -3.54. The molecule has 0 aliphatic rings. The summed E-state index contributed by atoms with van der Waals surface area (Å²) >= 11 is 0. The number of rotatable bonds is 9. The minimum atomic E-state index is -4.77. The van der Waals surface area contributed by atoms with Gasteiger partial charge in [0.15, 0.2) is 0 Å². The first-order chi connectivity index (χ1) is 13.6. The summed E-state index contributed by atoms with van der Waals surface area (Å²) in [6, 6.07) is 6.83. The van der Waals surface area contributed by atoms with E-state index in [4.69, 9.17) is 15.9 Å². The van der Waals surface area contributed by atoms with Crippen LogP contribution < -0.4 is 15.2 Å². The summed E-state index contributed by atoms with van der Waals surface area (Å²) in [4.78, 5) is 11.1. The molecule has 2 rings (SSSR count). The molecular weight excluding hydrogens is 399 g/mol. The summed E-state index contributed by atoms with van der Waals surface area (Å²) in [5.41, 5.74) is 3.74. The fraction of sp³-hybridized carbons (Fsp3) is 0.263. The van der Waals surface area contributed by atoms with Crippen LogP contribution in [0.25, 0.3) is 0 Å². The Balaban J connectivity index is 1.80. The lowest BCUT2D eigenvalue weighted by atomic mass is 10.0. The van der Waals surface area contributed by atoms with Crippen LogP contribution in [0.3, 0.4) is 0 Å². The lowest BCUT2D eigenvalue weighted by Crippen LogP contribution is -2.18. The molecule has 0 saturated heterocycles. The molecule has 156 valence electrons. The molecule has 0 saturated carbocycles. The highest BCUT2D eigenvalue weighted by atomic mass is 19.4. The molecule has 0 spiro atoms. The molecule has 0 fully saturated rings. The zero-order valence-corrected chi connectivity index (χ0v) is 15.0. The van der Waals surface area contributed by atoms with Gasteiger partial charge in [0.1, 0.15) is 28.7 Å². The predicted molar refractivity (Wildman–Crippen MR) is 94.2 cm³/mol. The van der Waals surface area contributed by atoms with Crippen LogP contribution in [-0.2, 0) is 0 Å². The Hall–Kier alpha value is -3.17. The van der Waals surface area contributed by atoms with Gasteiger partial charge in [-0.3, -0.25) is 4.79 Å². The molecule has 3 N–H and O–H groups in total. The summed E-state index contributed by atoms with van der Waals surface area (Å²) in [7, 11) is 0. The number of carbonyl (C=O) groups is 1. The summed E-state index contributed by atoms with van der Waals surface area (Å²) < 4.78 is 73.0. The van der Waals surface area contributed by atoms with Crippen molar-refractivity contribution in [1.29, 1.82) is 5.41 Å². The van der Waals surface area contributed by atoms with Gasteiger partial charge in [0.05, 0.1) is 6.61 Å². The summed E-state index contributed by atoms with van der Waals surface area (Å²) in [5, 5.41) is 7.91. The van der Waals surface area contributed by atoms with Gasteiger partial charge in [0.25, 0.3) is 5.91 Å². The van der Waals surface area contributed by atoms with E-state index in [1.54, 1.807) is 0 Å². The normalized spacial score (nSPS) is 11.2. The third-order valence-electron chi connectivity index (χ3n) is 3.81. The van der Waals surface area contributed by atoms with E-state index in [1.807, 2.05) is 0 Å². The summed E-state index contributed by atoms with van der Waals surface area (Å²) in [6.07, 6.45) is -3.73. The van der Waals surface area contributed by atoms with Crippen LogP contribution in [0.15, 0.2) is 36.4 Å². The fourth-order valence-electron chi connectivity index (χ4n) is 2.48. The predicted octanol–water partition coefficient (Wildman–Crippen LogP) is 4.58. The van der Waals surface area contributed by atoms with Crippen LogP contribution >= 0.6 is 0 Å². The zero-order chi connectivity index (χ0) is 21.6. The minimum absolute atomic E-state index is 0.126. The fourth-order valence-corrected chi connectivity index (χ4v) is 2.48. The number of halogens is 5. The Labute approximate surface area is 162 Å². The van der Waals surface area contributed by atoms with E-state index in [1.165, 1.54) is 12.1 Å². The first kappa shape index (κ1) is 22.1. The van der Waals surface area contributed by atoms with Crippen LogP contribution in [-0.4, -0.2) is 24.6 Å². The molecule has 1 amide bonds. The van der Waals surface area contributed by atoms with Crippen LogP contribution in [0.1, 0.15) is 35.2 Å². The topological polar surface area (TPSA) is 85.4 Å². The number of alkyl halides is 3. The van der Waals surface area contributed by atoms with Crippen molar-refractivity contribution in [3.63, 3.8) is 0 Å². The lowest BCUT2D eigenvalue weighted by Gasteiger charge is -2.11. The maximum absolute atomic E-state index is 14.2. The maximum atomic E-state index is 14.2. The Bertz CT molecular complexity index is 883. The van der Waals surface area contributed by atoms with E-state index >= 15 is 0 Å². The number of benzene rings is 2. The third-order valence-corrected chi connectivity index (χ3v) is 3.81. The monoisotopic (exact) mass is 416 g/mol. The first-order valence-electron chi connectivity index (χ1n) is 8.42. The molecule has 5 nitrogen and oxygen atoms in total. The van der Waals surface area contributed by atoms with E-state index in [0.29, 0.717) is 18.6 Å². The Morgan fingerprint density at radius 1 is 1.00 bits per heavy atom. The molecule has 2 aromatic carbocycles. The van der Waals surface area contributed by atoms with Gasteiger partial charge in [0.2, 0.25) is 0 Å². The SMILES string of the molecule is N=C(CCCCOc1ccc(OC(F)(F)F)cc1)c1ccc(F)c(C(N)=O)c1F. The molecule has 10 heteroatoms. The Morgan fingerprint density at radius 3 is 2.21 bits per heavy atom. The van der Waals surface area contributed by atoms with Gasteiger partial charge in [-0.25, -0.2) is 8.78 Å². The van der Waals surface area contributed by atoms with E-state index < -0.39 is 29.5 Å². The average Bonchev–Trinajstić information content (AvgIpc) is 2.61. The molecule has 0 radical (unpaired) electrons. The highest BCUT2D eigenvalue weighted by Gasteiger charge is 2.31. The van der Waals surface area contributed by atoms with E-state index in [0.717, 1.165) is 24.3 Å². The summed E-state index contributed by atoms with van der Waals surface area (Å²) in [6.45, 7) is 0.213. The average molecular weight is 416 g/mol. The number of hydrogen-bond acceptors (Lipinski definition) is 4. The number of primary amides is 1. The van der Waals surface area contributed by atoms with E-state index in [-0.39, 0.29) is 30.1 Å². The second kappa shape index (κ2) is 9.35. The molecule has 0 aliphatic heterocycles. The Morgan fingerprint density at radius 2 is 1.62 bits per heavy atom. The molecule has 0 atom stereocenters. The second-order valence-corrected chi connectivity index (χ2v) is 5.95. The van der Waals surface area contributed by atoms with Gasteiger partial charge in [-0.05, 0) is 55.7 Å². The van der Waals surface area contributed by atoms with Crippen molar-refractivity contribution in [3.8, 4) is 11.5 Å². The van der Waals surface area contributed by atoms with Crippen molar-refractivity contribution in [2.45, 2.75) is 25.6 Å².